The van der Waals surface area contributed by atoms with E-state index >= 15 is 0 Å². The molecule has 2 aliphatic rings. The van der Waals surface area contributed by atoms with Crippen molar-refractivity contribution in [1.29, 1.82) is 0 Å². The number of halogens is 2. The molecule has 0 amide bonds. The summed E-state index contributed by atoms with van der Waals surface area (Å²) < 4.78 is 31.9. The van der Waals surface area contributed by atoms with Gasteiger partial charge in [-0.2, -0.15) is 0 Å². The van der Waals surface area contributed by atoms with Crippen molar-refractivity contribution in [2.75, 3.05) is 24.2 Å². The van der Waals surface area contributed by atoms with Crippen molar-refractivity contribution in [3.8, 4) is 0 Å². The minimum Gasteiger partial charge on any atom is -0.371 e. The molecule has 0 unspecified atom stereocenters. The van der Waals surface area contributed by atoms with Crippen LogP contribution < -0.4 is 4.90 Å². The molecule has 1 aliphatic carbocycles. The van der Waals surface area contributed by atoms with Gasteiger partial charge in [-0.3, -0.25) is 0 Å². The molecule has 2 fully saturated rings. The fourth-order valence-corrected chi connectivity index (χ4v) is 3.08. The topological polar surface area (TPSA) is 38.2 Å². The Balaban J connectivity index is 1.85. The van der Waals surface area contributed by atoms with Gasteiger partial charge in [-0.05, 0) is 31.9 Å². The van der Waals surface area contributed by atoms with Gasteiger partial charge in [0.1, 0.15) is 11.5 Å². The first-order chi connectivity index (χ1) is 10.1. The van der Waals surface area contributed by atoms with Crippen molar-refractivity contribution in [2.45, 2.75) is 43.6 Å². The van der Waals surface area contributed by atoms with Crippen LogP contribution in [0.5, 0.6) is 0 Å². The summed E-state index contributed by atoms with van der Waals surface area (Å²) in [7, 11) is 0. The van der Waals surface area contributed by atoms with E-state index in [1.165, 1.54) is 30.7 Å². The average molecular weight is 315 g/mol. The third kappa shape index (κ3) is 3.45. The Morgan fingerprint density at radius 3 is 2.71 bits per heavy atom. The first kappa shape index (κ1) is 15.0. The maximum atomic E-state index is 13.0. The summed E-state index contributed by atoms with van der Waals surface area (Å²) in [5, 5.41) is 0.393. The Hall–Kier alpha value is -0.950. The Morgan fingerprint density at radius 1 is 1.33 bits per heavy atom. The van der Waals surface area contributed by atoms with E-state index in [2.05, 4.69) is 14.9 Å². The molecule has 2 atom stereocenters. The van der Waals surface area contributed by atoms with Gasteiger partial charge < -0.3 is 9.64 Å². The highest BCUT2D eigenvalue weighted by Crippen LogP contribution is 2.37. The van der Waals surface area contributed by atoms with Gasteiger partial charge in [0.15, 0.2) is 5.16 Å². The van der Waals surface area contributed by atoms with Gasteiger partial charge in [0.05, 0.1) is 12.2 Å². The maximum Gasteiger partial charge on any atom is 0.280 e. The predicted molar refractivity (Wildman–Crippen MR) is 78.0 cm³/mol. The fourth-order valence-electron chi connectivity index (χ4n) is 2.70. The second kappa shape index (κ2) is 6.04. The molecule has 0 radical (unpaired) electrons. The lowest BCUT2D eigenvalue weighted by molar-refractivity contribution is -0.0274. The summed E-state index contributed by atoms with van der Waals surface area (Å²) >= 11 is 1.29. The van der Waals surface area contributed by atoms with Crippen LogP contribution in [0.3, 0.4) is 0 Å². The Bertz CT molecular complexity index is 513. The average Bonchev–Trinajstić information content (AvgIpc) is 3.30. The number of anilines is 1. The smallest absolute Gasteiger partial charge is 0.280 e. The van der Waals surface area contributed by atoms with Crippen LogP contribution in [-0.2, 0) is 4.74 Å². The number of morpholine rings is 1. The van der Waals surface area contributed by atoms with Gasteiger partial charge >= 0.3 is 0 Å². The predicted octanol–water partition coefficient (Wildman–Crippen LogP) is 3.14. The molecule has 2 heterocycles. The lowest BCUT2D eigenvalue weighted by atomic mass is 10.1. The summed E-state index contributed by atoms with van der Waals surface area (Å²) in [5.41, 5.74) is -0.202. The van der Waals surface area contributed by atoms with Gasteiger partial charge in [-0.1, -0.05) is 11.8 Å². The molecule has 0 N–H and O–H groups in total. The molecule has 1 aromatic heterocycles. The highest BCUT2D eigenvalue weighted by molar-refractivity contribution is 7.98. The molecule has 1 aromatic rings. The number of rotatable bonds is 4. The number of hydrogen-bond acceptors (Lipinski definition) is 5. The first-order valence-electron chi connectivity index (χ1n) is 7.18. The van der Waals surface area contributed by atoms with Crippen LogP contribution in [0.25, 0.3) is 0 Å². The molecular formula is C14H19F2N3OS. The summed E-state index contributed by atoms with van der Waals surface area (Å²) in [6.07, 6.45) is 1.91. The number of hydrogen-bond donors (Lipinski definition) is 0. The molecule has 1 saturated carbocycles. The number of thioether (sulfide) groups is 1. The molecule has 7 heteroatoms. The van der Waals surface area contributed by atoms with E-state index in [9.17, 15) is 8.78 Å². The van der Waals surface area contributed by atoms with E-state index in [0.717, 1.165) is 6.54 Å². The van der Waals surface area contributed by atoms with Crippen LogP contribution in [0.2, 0.25) is 0 Å². The number of ether oxygens (including phenoxy) is 1. The van der Waals surface area contributed by atoms with E-state index in [-0.39, 0.29) is 17.9 Å². The SMILES string of the molecule is CSc1nc(C(F)F)cc(N2C[C@@H](C)O[C@@H](C3CC3)C2)n1. The molecule has 21 heavy (non-hydrogen) atoms. The second-order valence-electron chi connectivity index (χ2n) is 5.67. The van der Waals surface area contributed by atoms with Crippen molar-refractivity contribution in [3.05, 3.63) is 11.8 Å². The zero-order valence-corrected chi connectivity index (χ0v) is 12.9. The van der Waals surface area contributed by atoms with E-state index in [1.807, 2.05) is 6.92 Å². The highest BCUT2D eigenvalue weighted by atomic mass is 32.2. The minimum atomic E-state index is -2.57. The highest BCUT2D eigenvalue weighted by Gasteiger charge is 2.37. The number of alkyl halides is 2. The van der Waals surface area contributed by atoms with Crippen LogP contribution in [-0.4, -0.2) is 41.5 Å². The third-order valence-corrected chi connectivity index (χ3v) is 4.42. The van der Waals surface area contributed by atoms with Crippen molar-refractivity contribution >= 4 is 17.6 Å². The molecule has 4 nitrogen and oxygen atoms in total. The lowest BCUT2D eigenvalue weighted by Crippen LogP contribution is -2.48. The zero-order chi connectivity index (χ0) is 15.0. The van der Waals surface area contributed by atoms with E-state index < -0.39 is 6.43 Å². The Labute approximate surface area is 127 Å². The monoisotopic (exact) mass is 315 g/mol. The second-order valence-corrected chi connectivity index (χ2v) is 6.44. The van der Waals surface area contributed by atoms with Crippen LogP contribution in [0.15, 0.2) is 11.2 Å². The summed E-state index contributed by atoms with van der Waals surface area (Å²) in [4.78, 5) is 10.3. The van der Waals surface area contributed by atoms with Crippen LogP contribution in [0, 0.1) is 5.92 Å². The third-order valence-electron chi connectivity index (χ3n) is 3.87. The van der Waals surface area contributed by atoms with Crippen molar-refractivity contribution < 1.29 is 13.5 Å². The first-order valence-corrected chi connectivity index (χ1v) is 8.41. The van der Waals surface area contributed by atoms with E-state index in [1.54, 1.807) is 6.26 Å². The quantitative estimate of drug-likeness (QED) is 0.630. The van der Waals surface area contributed by atoms with Crippen molar-refractivity contribution in [1.82, 2.24) is 9.97 Å². The van der Waals surface area contributed by atoms with Crippen molar-refractivity contribution in [2.24, 2.45) is 5.92 Å². The summed E-state index contributed by atoms with van der Waals surface area (Å²) in [6, 6.07) is 1.41. The van der Waals surface area contributed by atoms with E-state index in [0.29, 0.717) is 23.4 Å². The molecule has 1 aliphatic heterocycles. The Morgan fingerprint density at radius 2 is 2.10 bits per heavy atom. The lowest BCUT2D eigenvalue weighted by Gasteiger charge is -2.37. The number of aromatic nitrogens is 2. The van der Waals surface area contributed by atoms with Gasteiger partial charge in [0.25, 0.3) is 6.43 Å². The van der Waals surface area contributed by atoms with Gasteiger partial charge in [-0.25, -0.2) is 18.7 Å². The normalized spacial score (nSPS) is 26.4. The summed E-state index contributed by atoms with van der Waals surface area (Å²) in [6.45, 7) is 3.42. The zero-order valence-electron chi connectivity index (χ0n) is 12.1. The molecule has 1 saturated heterocycles. The van der Waals surface area contributed by atoms with Gasteiger partial charge in [0.2, 0.25) is 0 Å². The van der Waals surface area contributed by atoms with Gasteiger partial charge in [-0.15, -0.1) is 0 Å². The standard InChI is InChI=1S/C14H19F2N3OS/c1-8-6-19(7-11(20-8)9-3-4-9)12-5-10(13(15)16)17-14(18-12)21-2/h5,8-9,11,13H,3-4,6-7H2,1-2H3/t8-,11-/m1/s1. The molecule has 0 bridgehead atoms. The van der Waals surface area contributed by atoms with Crippen LogP contribution >= 0.6 is 11.8 Å². The fraction of sp³-hybridized carbons (Fsp3) is 0.714. The summed E-state index contributed by atoms with van der Waals surface area (Å²) in [5.74, 6) is 1.21. The molecular weight excluding hydrogens is 296 g/mol. The molecule has 0 spiro atoms. The number of nitrogens with zero attached hydrogens (tertiary/aromatic N) is 3. The largest absolute Gasteiger partial charge is 0.371 e. The molecule has 3 rings (SSSR count). The Kier molecular flexibility index (Phi) is 4.31. The minimum absolute atomic E-state index is 0.0899. The van der Waals surface area contributed by atoms with Gasteiger partial charge in [0, 0.05) is 19.2 Å². The molecule has 116 valence electrons. The van der Waals surface area contributed by atoms with Crippen LogP contribution in [0.4, 0.5) is 14.6 Å². The van der Waals surface area contributed by atoms with E-state index in [4.69, 9.17) is 4.74 Å². The maximum absolute atomic E-state index is 13.0. The van der Waals surface area contributed by atoms with Crippen LogP contribution in [0.1, 0.15) is 31.9 Å². The molecule has 0 aromatic carbocycles. The van der Waals surface area contributed by atoms with Crippen molar-refractivity contribution in [3.63, 3.8) is 0 Å².